The predicted molar refractivity (Wildman–Crippen MR) is 181 cm³/mol. The Morgan fingerprint density at radius 3 is 2.67 bits per heavy atom. The summed E-state index contributed by atoms with van der Waals surface area (Å²) in [5, 5.41) is 9.87. The molecule has 5 atom stereocenters. The molecule has 0 aromatic heterocycles. The first kappa shape index (κ1) is 34.0. The van der Waals surface area contributed by atoms with Crippen LogP contribution >= 0.6 is 11.6 Å². The normalized spacial score (nSPS) is 23.4. The Bertz CT molecular complexity index is 1610. The van der Waals surface area contributed by atoms with Crippen LogP contribution in [0.1, 0.15) is 60.0 Å². The standard InChI is InChI=1S/C35H44ClN3O6S/c1-5-7-10-32(34(42)38(3)4)46(43,44)37-33(41)24-12-16-31-29(19-24)39(20-25-11-14-27(25)30(40)6-2)21-35(22-45-31)17-8-9-23-18-26(36)13-15-28(23)35/h5-6,12-13,15-16,18-19,25,27,30,32,40H,1-2,7-11,14,17,20-22H2,3-4H3,(H,37,41)/t25-,27+,30?,32?,35-/m0/s1. The van der Waals surface area contributed by atoms with Gasteiger partial charge in [0.25, 0.3) is 5.91 Å². The number of hydrogen-bond donors (Lipinski definition) is 2. The van der Waals surface area contributed by atoms with E-state index in [-0.39, 0.29) is 29.2 Å². The van der Waals surface area contributed by atoms with Crippen molar-refractivity contribution in [1.29, 1.82) is 0 Å². The van der Waals surface area contributed by atoms with Gasteiger partial charge in [0, 0.05) is 43.2 Å². The summed E-state index contributed by atoms with van der Waals surface area (Å²) in [4.78, 5) is 29.7. The quantitative estimate of drug-likeness (QED) is 0.328. The number of ether oxygens (including phenoxy) is 1. The molecule has 3 aliphatic rings. The van der Waals surface area contributed by atoms with Crippen LogP contribution in [-0.2, 0) is 26.7 Å². The molecule has 2 amide bonds. The highest BCUT2D eigenvalue weighted by Gasteiger charge is 2.44. The Kier molecular flexibility index (Phi) is 10.2. The molecule has 1 spiro atoms. The van der Waals surface area contributed by atoms with E-state index >= 15 is 0 Å². The Hall–Kier alpha value is -3.34. The molecule has 5 rings (SSSR count). The Morgan fingerprint density at radius 1 is 1.22 bits per heavy atom. The Balaban J connectivity index is 1.49. The molecule has 11 heteroatoms. The molecule has 0 saturated heterocycles. The number of fused-ring (bicyclic) bond motifs is 3. The number of nitrogens with zero attached hydrogens (tertiary/aromatic N) is 2. The summed E-state index contributed by atoms with van der Waals surface area (Å²) in [5.74, 6) is -0.552. The maximum Gasteiger partial charge on any atom is 0.264 e. The minimum atomic E-state index is -4.35. The number of anilines is 1. The highest BCUT2D eigenvalue weighted by Crippen LogP contribution is 2.46. The third kappa shape index (κ3) is 6.85. The fourth-order valence-corrected chi connectivity index (χ4v) is 8.85. The number of carbonyl (C=O) groups is 2. The lowest BCUT2D eigenvalue weighted by Gasteiger charge is -2.45. The minimum absolute atomic E-state index is 0.00279. The van der Waals surface area contributed by atoms with Gasteiger partial charge in [-0.05, 0) is 98.2 Å². The van der Waals surface area contributed by atoms with E-state index in [9.17, 15) is 23.1 Å². The molecule has 1 fully saturated rings. The summed E-state index contributed by atoms with van der Waals surface area (Å²) < 4.78 is 35.4. The van der Waals surface area contributed by atoms with Crippen LogP contribution in [0.5, 0.6) is 5.75 Å². The molecule has 9 nitrogen and oxygen atoms in total. The average molecular weight is 670 g/mol. The van der Waals surface area contributed by atoms with Crippen molar-refractivity contribution >= 4 is 39.1 Å². The molecule has 0 bridgehead atoms. The van der Waals surface area contributed by atoms with Gasteiger partial charge in [-0.2, -0.15) is 0 Å². The van der Waals surface area contributed by atoms with Crippen LogP contribution in [-0.4, -0.2) is 75.4 Å². The van der Waals surface area contributed by atoms with Gasteiger partial charge in [0.15, 0.2) is 5.25 Å². The fourth-order valence-electron chi connectivity index (χ4n) is 7.21. The monoisotopic (exact) mass is 669 g/mol. The number of sulfonamides is 1. The van der Waals surface area contributed by atoms with Crippen molar-refractivity contribution in [3.8, 4) is 5.75 Å². The molecule has 2 aromatic rings. The maximum absolute atomic E-state index is 13.5. The summed E-state index contributed by atoms with van der Waals surface area (Å²) >= 11 is 6.38. The van der Waals surface area contributed by atoms with E-state index in [1.807, 2.05) is 12.1 Å². The molecule has 0 radical (unpaired) electrons. The van der Waals surface area contributed by atoms with Crippen molar-refractivity contribution in [3.05, 3.63) is 83.4 Å². The van der Waals surface area contributed by atoms with Gasteiger partial charge in [-0.25, -0.2) is 13.1 Å². The van der Waals surface area contributed by atoms with Gasteiger partial charge in [-0.15, -0.1) is 13.2 Å². The van der Waals surface area contributed by atoms with Crippen LogP contribution in [0.2, 0.25) is 5.02 Å². The molecule has 2 N–H and O–H groups in total. The lowest BCUT2D eigenvalue weighted by atomic mass is 9.68. The van der Waals surface area contributed by atoms with Crippen LogP contribution in [0, 0.1) is 11.8 Å². The first-order valence-electron chi connectivity index (χ1n) is 15.9. The van der Waals surface area contributed by atoms with Gasteiger partial charge in [-0.3, -0.25) is 9.59 Å². The average Bonchev–Trinajstić information content (AvgIpc) is 3.15. The van der Waals surface area contributed by atoms with Gasteiger partial charge in [0.2, 0.25) is 15.9 Å². The van der Waals surface area contributed by atoms with E-state index in [0.29, 0.717) is 42.6 Å². The van der Waals surface area contributed by atoms with Crippen molar-refractivity contribution in [2.45, 2.75) is 61.7 Å². The number of allylic oxidation sites excluding steroid dienone is 1. The first-order chi connectivity index (χ1) is 21.9. The summed E-state index contributed by atoms with van der Waals surface area (Å²) in [6.45, 7) is 9.10. The third-order valence-electron chi connectivity index (χ3n) is 9.87. The molecule has 248 valence electrons. The second-order valence-electron chi connectivity index (χ2n) is 13.1. The van der Waals surface area contributed by atoms with Gasteiger partial charge in [-0.1, -0.05) is 29.8 Å². The summed E-state index contributed by atoms with van der Waals surface area (Å²) in [6, 6.07) is 11.0. The number of benzene rings is 2. The number of aliphatic hydroxyl groups excluding tert-OH is 1. The largest absolute Gasteiger partial charge is 0.490 e. The molecule has 2 aliphatic carbocycles. The fraction of sp³-hybridized carbons (Fsp3) is 0.486. The van der Waals surface area contributed by atoms with E-state index in [0.717, 1.165) is 32.1 Å². The van der Waals surface area contributed by atoms with Crippen molar-refractivity contribution in [1.82, 2.24) is 9.62 Å². The van der Waals surface area contributed by atoms with Crippen molar-refractivity contribution < 1.29 is 27.9 Å². The lowest BCUT2D eigenvalue weighted by molar-refractivity contribution is -0.128. The number of carbonyl (C=O) groups excluding carboxylic acids is 2. The van der Waals surface area contributed by atoms with Gasteiger partial charge >= 0.3 is 0 Å². The second kappa shape index (κ2) is 13.8. The summed E-state index contributed by atoms with van der Waals surface area (Å²) in [6.07, 6.45) is 7.50. The predicted octanol–water partition coefficient (Wildman–Crippen LogP) is 4.87. The molecular formula is C35H44ClN3O6S. The second-order valence-corrected chi connectivity index (χ2v) is 15.4. The van der Waals surface area contributed by atoms with Crippen LogP contribution in [0.4, 0.5) is 5.69 Å². The van der Waals surface area contributed by atoms with Gasteiger partial charge in [0.1, 0.15) is 5.75 Å². The summed E-state index contributed by atoms with van der Waals surface area (Å²) in [7, 11) is -1.39. The van der Waals surface area contributed by atoms with Crippen molar-refractivity contribution in [3.63, 3.8) is 0 Å². The van der Waals surface area contributed by atoms with E-state index < -0.39 is 33.2 Å². The number of amides is 2. The first-order valence-corrected chi connectivity index (χ1v) is 17.8. The van der Waals surface area contributed by atoms with Gasteiger partial charge < -0.3 is 19.6 Å². The highest BCUT2D eigenvalue weighted by molar-refractivity contribution is 7.91. The zero-order chi connectivity index (χ0) is 33.2. The SMILES string of the molecule is C=CCCC(C(=O)N(C)C)S(=O)(=O)NC(=O)c1ccc2c(c1)N(C[C@@H]1CC[C@H]1C(O)C=C)C[C@@]1(CCCc3cc(Cl)ccc31)CO2. The van der Waals surface area contributed by atoms with Gasteiger partial charge in [0.05, 0.1) is 18.4 Å². The lowest BCUT2D eigenvalue weighted by Crippen LogP contribution is -2.49. The minimum Gasteiger partial charge on any atom is -0.490 e. The molecule has 1 saturated carbocycles. The van der Waals surface area contributed by atoms with E-state index in [1.165, 1.54) is 30.1 Å². The zero-order valence-corrected chi connectivity index (χ0v) is 28.2. The Morgan fingerprint density at radius 2 is 2.00 bits per heavy atom. The molecule has 1 aliphatic heterocycles. The molecule has 2 aromatic carbocycles. The van der Waals surface area contributed by atoms with Crippen molar-refractivity contribution in [2.75, 3.05) is 38.7 Å². The number of aryl methyl sites for hydroxylation is 1. The molecule has 2 unspecified atom stereocenters. The number of nitrogens with one attached hydrogen (secondary N) is 1. The number of hydrogen-bond acceptors (Lipinski definition) is 7. The smallest absolute Gasteiger partial charge is 0.264 e. The van der Waals surface area contributed by atoms with Crippen LogP contribution < -0.4 is 14.4 Å². The van der Waals surface area contributed by atoms with Crippen LogP contribution in [0.3, 0.4) is 0 Å². The number of aliphatic hydroxyl groups is 1. The third-order valence-corrected chi connectivity index (χ3v) is 11.8. The molecule has 1 heterocycles. The molecular weight excluding hydrogens is 626 g/mol. The maximum atomic E-state index is 13.5. The Labute approximate surface area is 277 Å². The van der Waals surface area contributed by atoms with E-state index in [2.05, 4.69) is 28.8 Å². The van der Waals surface area contributed by atoms with E-state index in [1.54, 1.807) is 30.4 Å². The van der Waals surface area contributed by atoms with E-state index in [4.69, 9.17) is 16.3 Å². The van der Waals surface area contributed by atoms with Crippen molar-refractivity contribution in [2.24, 2.45) is 11.8 Å². The van der Waals surface area contributed by atoms with Crippen LogP contribution in [0.25, 0.3) is 0 Å². The topological polar surface area (TPSA) is 116 Å². The number of rotatable bonds is 11. The summed E-state index contributed by atoms with van der Waals surface area (Å²) in [5.41, 5.74) is 2.91. The highest BCUT2D eigenvalue weighted by atomic mass is 35.5. The zero-order valence-electron chi connectivity index (χ0n) is 26.6. The number of halogens is 1. The molecule has 46 heavy (non-hydrogen) atoms. The van der Waals surface area contributed by atoms with Crippen LogP contribution in [0.15, 0.2) is 61.7 Å².